The zero-order valence-electron chi connectivity index (χ0n) is 10.7. The summed E-state index contributed by atoms with van der Waals surface area (Å²) in [6.45, 7) is 4.70. The summed E-state index contributed by atoms with van der Waals surface area (Å²) in [6.07, 6.45) is 2.64. The minimum atomic E-state index is -0.214. The molecular weight excluding hydrogens is 295 g/mol. The quantitative estimate of drug-likeness (QED) is 0.872. The fourth-order valence-corrected chi connectivity index (χ4v) is 2.57. The van der Waals surface area contributed by atoms with Gasteiger partial charge in [-0.3, -0.25) is 4.90 Å². The molecule has 2 N–H and O–H groups in total. The zero-order valence-corrected chi connectivity index (χ0v) is 12.3. The van der Waals surface area contributed by atoms with Crippen LogP contribution in [0.4, 0.5) is 4.39 Å². The second-order valence-electron chi connectivity index (χ2n) is 4.96. The summed E-state index contributed by atoms with van der Waals surface area (Å²) in [5.41, 5.74) is 6.86. The van der Waals surface area contributed by atoms with Crippen LogP contribution in [0.2, 0.25) is 0 Å². The number of rotatable bonds is 6. The molecule has 1 aromatic carbocycles. The molecule has 0 saturated heterocycles. The molecule has 2 nitrogen and oxygen atoms in total. The number of benzene rings is 1. The lowest BCUT2D eigenvalue weighted by Crippen LogP contribution is -2.35. The van der Waals surface area contributed by atoms with Crippen molar-refractivity contribution in [3.63, 3.8) is 0 Å². The molecule has 1 atom stereocenters. The van der Waals surface area contributed by atoms with Crippen molar-refractivity contribution in [2.75, 3.05) is 19.6 Å². The van der Waals surface area contributed by atoms with E-state index in [0.717, 1.165) is 24.6 Å². The van der Waals surface area contributed by atoms with Gasteiger partial charge in [0.05, 0.1) is 4.47 Å². The van der Waals surface area contributed by atoms with Crippen LogP contribution in [0, 0.1) is 11.7 Å². The van der Waals surface area contributed by atoms with Gasteiger partial charge in [-0.25, -0.2) is 4.39 Å². The van der Waals surface area contributed by atoms with Crippen molar-refractivity contribution in [1.29, 1.82) is 0 Å². The summed E-state index contributed by atoms with van der Waals surface area (Å²) in [4.78, 5) is 2.36. The maximum Gasteiger partial charge on any atom is 0.137 e. The van der Waals surface area contributed by atoms with E-state index < -0.39 is 0 Å². The molecule has 0 spiro atoms. The van der Waals surface area contributed by atoms with Gasteiger partial charge in [0.25, 0.3) is 0 Å². The van der Waals surface area contributed by atoms with E-state index in [4.69, 9.17) is 5.73 Å². The molecule has 1 aliphatic rings. The van der Waals surface area contributed by atoms with Gasteiger partial charge < -0.3 is 5.73 Å². The Kier molecular flexibility index (Phi) is 4.76. The van der Waals surface area contributed by atoms with Crippen molar-refractivity contribution in [2.24, 2.45) is 11.7 Å². The lowest BCUT2D eigenvalue weighted by atomic mass is 10.0. The summed E-state index contributed by atoms with van der Waals surface area (Å²) in [7, 11) is 0. The Morgan fingerprint density at radius 2 is 2.22 bits per heavy atom. The number of likely N-dealkylation sites (N-methyl/N-ethyl adjacent to an activating group) is 1. The topological polar surface area (TPSA) is 29.3 Å². The predicted molar refractivity (Wildman–Crippen MR) is 75.9 cm³/mol. The number of hydrogen-bond donors (Lipinski definition) is 1. The number of nitrogens with zero attached hydrogens (tertiary/aromatic N) is 1. The van der Waals surface area contributed by atoms with Crippen molar-refractivity contribution in [2.45, 2.75) is 25.8 Å². The molecule has 1 aromatic rings. The predicted octanol–water partition coefficient (Wildman–Crippen LogP) is 3.32. The lowest BCUT2D eigenvalue weighted by Gasteiger charge is -2.30. The Hall–Kier alpha value is -0.450. The molecule has 1 fully saturated rings. The van der Waals surface area contributed by atoms with Gasteiger partial charge in [-0.1, -0.05) is 13.0 Å². The number of nitrogens with two attached hydrogens (primary N) is 1. The molecule has 1 saturated carbocycles. The summed E-state index contributed by atoms with van der Waals surface area (Å²) in [6, 6.07) is 5.44. The minimum absolute atomic E-state index is 0.123. The third-order valence-corrected chi connectivity index (χ3v) is 4.23. The Bertz CT molecular complexity index is 407. The van der Waals surface area contributed by atoms with Crippen molar-refractivity contribution in [3.8, 4) is 0 Å². The summed E-state index contributed by atoms with van der Waals surface area (Å²) < 4.78 is 14.1. The maximum absolute atomic E-state index is 13.6. The van der Waals surface area contributed by atoms with Crippen molar-refractivity contribution < 1.29 is 4.39 Å². The van der Waals surface area contributed by atoms with E-state index >= 15 is 0 Å². The summed E-state index contributed by atoms with van der Waals surface area (Å²) in [5, 5.41) is 0. The first-order chi connectivity index (χ1) is 8.65. The van der Waals surface area contributed by atoms with E-state index in [1.165, 1.54) is 12.8 Å². The summed E-state index contributed by atoms with van der Waals surface area (Å²) in [5.74, 6) is 0.604. The fraction of sp³-hybridized carbons (Fsp3) is 0.571. The Balaban J connectivity index is 2.16. The van der Waals surface area contributed by atoms with E-state index in [1.807, 2.05) is 6.07 Å². The average molecular weight is 315 g/mol. The Morgan fingerprint density at radius 1 is 1.50 bits per heavy atom. The molecule has 18 heavy (non-hydrogen) atoms. The van der Waals surface area contributed by atoms with Gasteiger partial charge in [0.1, 0.15) is 5.82 Å². The van der Waals surface area contributed by atoms with E-state index in [-0.39, 0.29) is 11.9 Å². The lowest BCUT2D eigenvalue weighted by molar-refractivity contribution is 0.203. The van der Waals surface area contributed by atoms with Gasteiger partial charge in [-0.05, 0) is 58.9 Å². The number of halogens is 2. The van der Waals surface area contributed by atoms with Gasteiger partial charge in [0.15, 0.2) is 0 Å². The van der Waals surface area contributed by atoms with Gasteiger partial charge in [-0.15, -0.1) is 0 Å². The normalized spacial score (nSPS) is 17.2. The molecule has 1 unspecified atom stereocenters. The molecular formula is C14H20BrFN2. The second kappa shape index (κ2) is 6.13. The van der Waals surface area contributed by atoms with E-state index in [9.17, 15) is 4.39 Å². The van der Waals surface area contributed by atoms with Gasteiger partial charge in [0.2, 0.25) is 0 Å². The molecule has 2 rings (SSSR count). The summed E-state index contributed by atoms with van der Waals surface area (Å²) >= 11 is 3.18. The van der Waals surface area contributed by atoms with Crippen LogP contribution in [-0.2, 0) is 0 Å². The standard InChI is InChI=1S/C14H20BrFN2/c1-2-18(9-10-3-4-10)14(8-17)11-5-6-12(15)13(16)7-11/h5-7,10,14H,2-4,8-9,17H2,1H3. The first-order valence-electron chi connectivity index (χ1n) is 6.54. The molecule has 1 aliphatic carbocycles. The van der Waals surface area contributed by atoms with Crippen molar-refractivity contribution >= 4 is 15.9 Å². The van der Waals surface area contributed by atoms with Crippen LogP contribution in [0.25, 0.3) is 0 Å². The van der Waals surface area contributed by atoms with Crippen LogP contribution in [-0.4, -0.2) is 24.5 Å². The molecule has 0 aromatic heterocycles. The smallest absolute Gasteiger partial charge is 0.137 e. The van der Waals surface area contributed by atoms with Crippen LogP contribution in [0.5, 0.6) is 0 Å². The third kappa shape index (κ3) is 3.31. The first-order valence-corrected chi connectivity index (χ1v) is 7.34. The highest BCUT2D eigenvalue weighted by atomic mass is 79.9. The molecule has 0 bridgehead atoms. The highest BCUT2D eigenvalue weighted by molar-refractivity contribution is 9.10. The molecule has 100 valence electrons. The largest absolute Gasteiger partial charge is 0.329 e. The Morgan fingerprint density at radius 3 is 2.72 bits per heavy atom. The highest BCUT2D eigenvalue weighted by Gasteiger charge is 2.27. The van der Waals surface area contributed by atoms with Crippen LogP contribution >= 0.6 is 15.9 Å². The molecule has 0 heterocycles. The van der Waals surface area contributed by atoms with Crippen LogP contribution < -0.4 is 5.73 Å². The van der Waals surface area contributed by atoms with Gasteiger partial charge in [-0.2, -0.15) is 0 Å². The average Bonchev–Trinajstić information content (AvgIpc) is 3.17. The molecule has 4 heteroatoms. The highest BCUT2D eigenvalue weighted by Crippen LogP contribution is 2.33. The molecule has 0 amide bonds. The second-order valence-corrected chi connectivity index (χ2v) is 5.81. The van der Waals surface area contributed by atoms with Crippen LogP contribution in [0.3, 0.4) is 0 Å². The number of hydrogen-bond acceptors (Lipinski definition) is 2. The molecule has 0 radical (unpaired) electrons. The van der Waals surface area contributed by atoms with Gasteiger partial charge in [0, 0.05) is 19.1 Å². The van der Waals surface area contributed by atoms with Crippen molar-refractivity contribution in [1.82, 2.24) is 4.90 Å². The van der Waals surface area contributed by atoms with E-state index in [1.54, 1.807) is 12.1 Å². The van der Waals surface area contributed by atoms with Crippen molar-refractivity contribution in [3.05, 3.63) is 34.1 Å². The minimum Gasteiger partial charge on any atom is -0.329 e. The maximum atomic E-state index is 13.6. The van der Waals surface area contributed by atoms with E-state index in [2.05, 4.69) is 27.8 Å². The molecule has 0 aliphatic heterocycles. The third-order valence-electron chi connectivity index (χ3n) is 3.59. The fourth-order valence-electron chi connectivity index (χ4n) is 2.32. The SMILES string of the molecule is CCN(CC1CC1)C(CN)c1ccc(Br)c(F)c1. The zero-order chi connectivity index (χ0) is 13.1. The first kappa shape index (κ1) is 14.0. The van der Waals surface area contributed by atoms with E-state index in [0.29, 0.717) is 11.0 Å². The van der Waals surface area contributed by atoms with Crippen LogP contribution in [0.15, 0.2) is 22.7 Å². The monoisotopic (exact) mass is 314 g/mol. The van der Waals surface area contributed by atoms with Crippen LogP contribution in [0.1, 0.15) is 31.4 Å². The Labute approximate surface area is 116 Å². The van der Waals surface area contributed by atoms with Gasteiger partial charge >= 0.3 is 0 Å².